The van der Waals surface area contributed by atoms with Crippen LogP contribution in [0.1, 0.15) is 30.5 Å². The van der Waals surface area contributed by atoms with Gasteiger partial charge in [0.15, 0.2) is 0 Å². The Morgan fingerprint density at radius 2 is 1.59 bits per heavy atom. The largest absolute Gasteiger partial charge is 0.507 e. The Balaban J connectivity index is 1.62. The molecule has 0 fully saturated rings. The molecule has 1 atom stereocenters. The van der Waals surface area contributed by atoms with E-state index in [2.05, 4.69) is 5.10 Å². The van der Waals surface area contributed by atoms with E-state index in [4.69, 9.17) is 5.10 Å². The van der Waals surface area contributed by atoms with Gasteiger partial charge in [-0.25, -0.2) is 9.69 Å². The van der Waals surface area contributed by atoms with Crippen LogP contribution in [0.3, 0.4) is 0 Å². The van der Waals surface area contributed by atoms with Crippen LogP contribution in [-0.2, 0) is 4.79 Å². The number of carbonyl (C=O) groups is 1. The van der Waals surface area contributed by atoms with Gasteiger partial charge < -0.3 is 5.11 Å². The minimum atomic E-state index is -0.324. The molecule has 0 spiro atoms. The van der Waals surface area contributed by atoms with Crippen LogP contribution in [-0.4, -0.2) is 31.5 Å². The predicted octanol–water partition coefficient (Wildman–Crippen LogP) is 4.94. The second-order valence-corrected chi connectivity index (χ2v) is 7.73. The molecular formula is C26H22N4O2. The van der Waals surface area contributed by atoms with Gasteiger partial charge in [-0.1, -0.05) is 60.7 Å². The van der Waals surface area contributed by atoms with Crippen LogP contribution < -0.4 is 0 Å². The minimum Gasteiger partial charge on any atom is -0.507 e. The summed E-state index contributed by atoms with van der Waals surface area (Å²) in [4.78, 5) is 12.5. The van der Waals surface area contributed by atoms with Crippen LogP contribution in [0.5, 0.6) is 5.75 Å². The third-order valence-electron chi connectivity index (χ3n) is 5.62. The first-order chi connectivity index (χ1) is 15.6. The highest BCUT2D eigenvalue weighted by atomic mass is 16.3. The molecule has 1 aliphatic rings. The summed E-state index contributed by atoms with van der Waals surface area (Å²) in [6, 6.07) is 26.6. The Bertz CT molecular complexity index is 1300. The van der Waals surface area contributed by atoms with Crippen LogP contribution in [0, 0.1) is 0 Å². The third kappa shape index (κ3) is 3.56. The number of phenols is 1. The number of hydrogen-bond donors (Lipinski definition) is 1. The van der Waals surface area contributed by atoms with Crippen molar-refractivity contribution in [1.82, 2.24) is 14.8 Å². The van der Waals surface area contributed by atoms with Crippen molar-refractivity contribution < 1.29 is 9.90 Å². The topological polar surface area (TPSA) is 70.7 Å². The number of aromatic nitrogens is 2. The summed E-state index contributed by atoms with van der Waals surface area (Å²) in [5, 5.41) is 21.3. The van der Waals surface area contributed by atoms with Crippen molar-refractivity contribution in [3.63, 3.8) is 0 Å². The molecule has 0 bridgehead atoms. The van der Waals surface area contributed by atoms with Gasteiger partial charge in [0.05, 0.1) is 23.1 Å². The number of rotatable bonds is 4. The van der Waals surface area contributed by atoms with E-state index in [0.29, 0.717) is 17.7 Å². The Labute approximate surface area is 186 Å². The number of hydrazone groups is 1. The van der Waals surface area contributed by atoms with Crippen LogP contribution in [0.2, 0.25) is 0 Å². The van der Waals surface area contributed by atoms with Crippen molar-refractivity contribution in [3.8, 4) is 22.7 Å². The van der Waals surface area contributed by atoms with Gasteiger partial charge in [-0.15, -0.1) is 0 Å². The smallest absolute Gasteiger partial charge is 0.240 e. The second kappa shape index (κ2) is 8.15. The summed E-state index contributed by atoms with van der Waals surface area (Å²) in [6.45, 7) is 1.51. The van der Waals surface area contributed by atoms with E-state index in [1.54, 1.807) is 12.1 Å². The highest BCUT2D eigenvalue weighted by Gasteiger charge is 2.35. The van der Waals surface area contributed by atoms with Gasteiger partial charge >= 0.3 is 0 Å². The van der Waals surface area contributed by atoms with Crippen LogP contribution >= 0.6 is 0 Å². The van der Waals surface area contributed by atoms with Crippen molar-refractivity contribution in [2.45, 2.75) is 19.4 Å². The fourth-order valence-electron chi connectivity index (χ4n) is 4.09. The first-order valence-electron chi connectivity index (χ1n) is 10.5. The Morgan fingerprint density at radius 3 is 2.28 bits per heavy atom. The lowest BCUT2D eigenvalue weighted by atomic mass is 9.96. The first-order valence-corrected chi connectivity index (χ1v) is 10.5. The Hall–Kier alpha value is -4.19. The van der Waals surface area contributed by atoms with E-state index in [0.717, 1.165) is 22.5 Å². The summed E-state index contributed by atoms with van der Waals surface area (Å²) in [6.07, 6.45) is 2.46. The minimum absolute atomic E-state index is 0.152. The maximum absolute atomic E-state index is 12.5. The van der Waals surface area contributed by atoms with Crippen molar-refractivity contribution in [1.29, 1.82) is 0 Å². The molecule has 1 N–H and O–H groups in total. The Kier molecular flexibility index (Phi) is 5.03. The maximum atomic E-state index is 12.5. The summed E-state index contributed by atoms with van der Waals surface area (Å²) in [7, 11) is 0. The second-order valence-electron chi connectivity index (χ2n) is 7.73. The monoisotopic (exact) mass is 422 g/mol. The molecule has 6 heteroatoms. The molecule has 32 heavy (non-hydrogen) atoms. The van der Waals surface area contributed by atoms with Crippen LogP contribution in [0.4, 0.5) is 0 Å². The molecule has 5 rings (SSSR count). The molecule has 3 aromatic carbocycles. The average molecular weight is 422 g/mol. The Morgan fingerprint density at radius 1 is 0.938 bits per heavy atom. The highest BCUT2D eigenvalue weighted by Crippen LogP contribution is 2.39. The molecule has 4 aromatic rings. The van der Waals surface area contributed by atoms with E-state index < -0.39 is 0 Å². The summed E-state index contributed by atoms with van der Waals surface area (Å²) in [5.41, 5.74) is 4.93. The standard InChI is InChI=1S/C26H22N4O2/c1-18(31)30-24(16-23(27-30)21-14-8-9-15-25(21)32)22-17-29(20-12-6-3-7-13-20)28-26(22)19-10-4-2-5-11-19/h2-15,17,24,32H,16H2,1H3/t24-/m1/s1. The molecule has 1 amide bonds. The zero-order valence-electron chi connectivity index (χ0n) is 17.6. The number of aromatic hydroxyl groups is 1. The molecule has 1 aromatic heterocycles. The lowest BCUT2D eigenvalue weighted by Gasteiger charge is -2.20. The van der Waals surface area contributed by atoms with Gasteiger partial charge in [0.25, 0.3) is 0 Å². The van der Waals surface area contributed by atoms with Gasteiger partial charge in [-0.2, -0.15) is 10.2 Å². The van der Waals surface area contributed by atoms with Gasteiger partial charge in [0.1, 0.15) is 5.75 Å². The number of nitrogens with zero attached hydrogens (tertiary/aromatic N) is 4. The van der Waals surface area contributed by atoms with E-state index in [1.165, 1.54) is 11.9 Å². The van der Waals surface area contributed by atoms with Gasteiger partial charge in [0, 0.05) is 36.2 Å². The van der Waals surface area contributed by atoms with E-state index in [1.807, 2.05) is 83.7 Å². The number of amides is 1. The summed E-state index contributed by atoms with van der Waals surface area (Å²) < 4.78 is 1.84. The number of benzene rings is 3. The quantitative estimate of drug-likeness (QED) is 0.506. The molecule has 0 saturated carbocycles. The molecule has 1 aliphatic heterocycles. The van der Waals surface area contributed by atoms with Crippen molar-refractivity contribution >= 4 is 11.6 Å². The molecule has 2 heterocycles. The van der Waals surface area contributed by atoms with Crippen molar-refractivity contribution in [3.05, 3.63) is 102 Å². The molecule has 158 valence electrons. The van der Waals surface area contributed by atoms with Crippen molar-refractivity contribution in [2.24, 2.45) is 5.10 Å². The summed E-state index contributed by atoms with van der Waals surface area (Å²) >= 11 is 0. The fraction of sp³-hybridized carbons (Fsp3) is 0.115. The first kappa shape index (κ1) is 19.8. The number of phenolic OH excluding ortho intramolecular Hbond substituents is 1. The van der Waals surface area contributed by atoms with Crippen LogP contribution in [0.25, 0.3) is 16.9 Å². The molecule has 0 radical (unpaired) electrons. The molecule has 0 aliphatic carbocycles. The SMILES string of the molecule is CC(=O)N1N=C(c2ccccc2O)C[C@@H]1c1cn(-c2ccccc2)nc1-c1ccccc1. The summed E-state index contributed by atoms with van der Waals surface area (Å²) in [5.74, 6) is -0.00874. The number of carbonyl (C=O) groups excluding carboxylic acids is 1. The number of hydrogen-bond acceptors (Lipinski definition) is 4. The molecule has 0 unspecified atom stereocenters. The average Bonchev–Trinajstić information content (AvgIpc) is 3.46. The van der Waals surface area contributed by atoms with Crippen LogP contribution in [0.15, 0.2) is 96.2 Å². The van der Waals surface area contributed by atoms with Gasteiger partial charge in [-0.3, -0.25) is 4.79 Å². The zero-order chi connectivity index (χ0) is 22.1. The lowest BCUT2D eigenvalue weighted by Crippen LogP contribution is -2.24. The number of para-hydroxylation sites is 2. The highest BCUT2D eigenvalue weighted by molar-refractivity contribution is 6.05. The predicted molar refractivity (Wildman–Crippen MR) is 124 cm³/mol. The van der Waals surface area contributed by atoms with E-state index >= 15 is 0 Å². The van der Waals surface area contributed by atoms with Crippen molar-refractivity contribution in [2.75, 3.05) is 0 Å². The zero-order valence-corrected chi connectivity index (χ0v) is 17.6. The molecule has 0 saturated heterocycles. The van der Waals surface area contributed by atoms with Gasteiger partial charge in [0.2, 0.25) is 5.91 Å². The normalized spacial score (nSPS) is 15.6. The molecular weight excluding hydrogens is 400 g/mol. The molecule has 6 nitrogen and oxygen atoms in total. The maximum Gasteiger partial charge on any atom is 0.240 e. The fourth-order valence-corrected chi connectivity index (χ4v) is 4.09. The van der Waals surface area contributed by atoms with Gasteiger partial charge in [-0.05, 0) is 24.3 Å². The van der Waals surface area contributed by atoms with E-state index in [-0.39, 0.29) is 17.7 Å². The van der Waals surface area contributed by atoms with E-state index in [9.17, 15) is 9.90 Å². The third-order valence-corrected chi connectivity index (χ3v) is 5.62. The lowest BCUT2D eigenvalue weighted by molar-refractivity contribution is -0.130.